The van der Waals surface area contributed by atoms with Gasteiger partial charge in [0.25, 0.3) is 0 Å². The standard InChI is InChI=1S/C22H14Br2N2/c23-17-11-19(15-7-3-1-4-8-15)25-21(13-17)22-14-18(24)12-20(26-22)16-9-5-2-6-10-16/h1-14H. The first-order chi connectivity index (χ1) is 12.7. The van der Waals surface area contributed by atoms with Crippen LogP contribution in [0.15, 0.2) is 93.9 Å². The Bertz CT molecular complexity index is 961. The summed E-state index contributed by atoms with van der Waals surface area (Å²) in [5.41, 5.74) is 5.64. The van der Waals surface area contributed by atoms with Gasteiger partial charge in [-0.15, -0.1) is 0 Å². The van der Waals surface area contributed by atoms with E-state index in [9.17, 15) is 0 Å². The number of hydrogen-bond acceptors (Lipinski definition) is 2. The van der Waals surface area contributed by atoms with Crippen LogP contribution in [0.2, 0.25) is 0 Å². The highest BCUT2D eigenvalue weighted by molar-refractivity contribution is 9.10. The van der Waals surface area contributed by atoms with Crippen LogP contribution in [0.5, 0.6) is 0 Å². The number of benzene rings is 2. The smallest absolute Gasteiger partial charge is 0.0905 e. The third-order valence-corrected chi connectivity index (χ3v) is 4.90. The van der Waals surface area contributed by atoms with E-state index in [-0.39, 0.29) is 0 Å². The molecule has 0 spiro atoms. The zero-order valence-corrected chi connectivity index (χ0v) is 16.9. The number of aromatic nitrogens is 2. The molecule has 4 rings (SSSR count). The molecule has 2 nitrogen and oxygen atoms in total. The molecule has 0 atom stereocenters. The molecule has 0 aliphatic rings. The summed E-state index contributed by atoms with van der Waals surface area (Å²) >= 11 is 7.22. The lowest BCUT2D eigenvalue weighted by molar-refractivity contribution is 1.24. The molecule has 126 valence electrons. The molecule has 4 heteroatoms. The summed E-state index contributed by atoms with van der Waals surface area (Å²) in [6, 6.07) is 28.3. The first kappa shape index (κ1) is 17.1. The molecule has 0 radical (unpaired) electrons. The lowest BCUT2D eigenvalue weighted by Crippen LogP contribution is -1.93. The van der Waals surface area contributed by atoms with E-state index in [0.717, 1.165) is 42.8 Å². The third kappa shape index (κ3) is 3.76. The average molecular weight is 466 g/mol. The first-order valence-corrected chi connectivity index (χ1v) is 9.74. The molecule has 0 unspecified atom stereocenters. The lowest BCUT2D eigenvalue weighted by atomic mass is 10.1. The summed E-state index contributed by atoms with van der Waals surface area (Å²) in [6.45, 7) is 0. The van der Waals surface area contributed by atoms with Crippen LogP contribution >= 0.6 is 31.9 Å². The number of pyridine rings is 2. The largest absolute Gasteiger partial charge is 0.246 e. The van der Waals surface area contributed by atoms with E-state index in [4.69, 9.17) is 9.97 Å². The van der Waals surface area contributed by atoms with Crippen molar-refractivity contribution in [3.05, 3.63) is 93.9 Å². The van der Waals surface area contributed by atoms with Crippen LogP contribution in [0, 0.1) is 0 Å². The molecule has 2 aromatic carbocycles. The van der Waals surface area contributed by atoms with Crippen LogP contribution in [0.3, 0.4) is 0 Å². The van der Waals surface area contributed by atoms with Crippen LogP contribution in [0.1, 0.15) is 0 Å². The Morgan fingerprint density at radius 2 is 0.808 bits per heavy atom. The molecule has 0 saturated heterocycles. The highest BCUT2D eigenvalue weighted by Gasteiger charge is 2.10. The molecule has 0 aliphatic heterocycles. The SMILES string of the molecule is Brc1cc(-c2ccccc2)nc(-c2cc(Br)cc(-c3ccccc3)n2)c1. The topological polar surface area (TPSA) is 25.8 Å². The van der Waals surface area contributed by atoms with E-state index in [1.165, 1.54) is 0 Å². The lowest BCUT2D eigenvalue weighted by Gasteiger charge is -2.09. The normalized spacial score (nSPS) is 10.7. The Morgan fingerprint density at radius 1 is 0.462 bits per heavy atom. The fourth-order valence-electron chi connectivity index (χ4n) is 2.77. The second-order valence-electron chi connectivity index (χ2n) is 5.84. The molecule has 0 N–H and O–H groups in total. The quantitative estimate of drug-likeness (QED) is 0.325. The highest BCUT2D eigenvalue weighted by atomic mass is 79.9. The van der Waals surface area contributed by atoms with Gasteiger partial charge >= 0.3 is 0 Å². The van der Waals surface area contributed by atoms with E-state index in [1.807, 2.05) is 60.7 Å². The molecule has 0 fully saturated rings. The molecule has 0 aliphatic carbocycles. The summed E-state index contributed by atoms with van der Waals surface area (Å²) in [4.78, 5) is 9.67. The van der Waals surface area contributed by atoms with Crippen LogP contribution in [0.4, 0.5) is 0 Å². The van der Waals surface area contributed by atoms with Gasteiger partial charge in [0.15, 0.2) is 0 Å². The van der Waals surface area contributed by atoms with Crippen molar-refractivity contribution in [1.82, 2.24) is 9.97 Å². The number of nitrogens with zero attached hydrogens (tertiary/aromatic N) is 2. The first-order valence-electron chi connectivity index (χ1n) is 8.15. The highest BCUT2D eigenvalue weighted by Crippen LogP contribution is 2.30. The van der Waals surface area contributed by atoms with Gasteiger partial charge < -0.3 is 0 Å². The minimum atomic E-state index is 0.830. The summed E-state index contributed by atoms with van der Waals surface area (Å²) < 4.78 is 1.95. The van der Waals surface area contributed by atoms with Crippen molar-refractivity contribution in [3.63, 3.8) is 0 Å². The number of hydrogen-bond donors (Lipinski definition) is 0. The predicted octanol–water partition coefficient (Wildman–Crippen LogP) is 7.00. The zero-order chi connectivity index (χ0) is 17.9. The van der Waals surface area contributed by atoms with E-state index >= 15 is 0 Å². The minimum absolute atomic E-state index is 0.830. The predicted molar refractivity (Wildman–Crippen MR) is 114 cm³/mol. The summed E-state index contributed by atoms with van der Waals surface area (Å²) in [5, 5.41) is 0. The van der Waals surface area contributed by atoms with Gasteiger partial charge in [0, 0.05) is 20.1 Å². The van der Waals surface area contributed by atoms with E-state index < -0.39 is 0 Å². The van der Waals surface area contributed by atoms with Crippen LogP contribution in [0.25, 0.3) is 33.9 Å². The minimum Gasteiger partial charge on any atom is -0.246 e. The molecule has 0 saturated carbocycles. The van der Waals surface area contributed by atoms with Crippen molar-refractivity contribution in [2.45, 2.75) is 0 Å². The van der Waals surface area contributed by atoms with E-state index in [2.05, 4.69) is 56.1 Å². The molecule has 2 heterocycles. The van der Waals surface area contributed by atoms with Crippen LogP contribution < -0.4 is 0 Å². The van der Waals surface area contributed by atoms with Gasteiger partial charge in [0.1, 0.15) is 0 Å². The van der Waals surface area contributed by atoms with Gasteiger partial charge in [-0.05, 0) is 24.3 Å². The molecule has 4 aromatic rings. The van der Waals surface area contributed by atoms with Gasteiger partial charge in [-0.2, -0.15) is 0 Å². The summed E-state index contributed by atoms with van der Waals surface area (Å²) in [7, 11) is 0. The van der Waals surface area contributed by atoms with Crippen molar-refractivity contribution in [3.8, 4) is 33.9 Å². The zero-order valence-electron chi connectivity index (χ0n) is 13.7. The molecule has 26 heavy (non-hydrogen) atoms. The second-order valence-corrected chi connectivity index (χ2v) is 7.68. The van der Waals surface area contributed by atoms with Crippen LogP contribution in [-0.2, 0) is 0 Å². The third-order valence-electron chi connectivity index (χ3n) is 3.98. The molecule has 0 bridgehead atoms. The van der Waals surface area contributed by atoms with Crippen molar-refractivity contribution < 1.29 is 0 Å². The van der Waals surface area contributed by atoms with E-state index in [0.29, 0.717) is 0 Å². The Labute approximate surface area is 169 Å². The van der Waals surface area contributed by atoms with Crippen molar-refractivity contribution >= 4 is 31.9 Å². The van der Waals surface area contributed by atoms with Crippen molar-refractivity contribution in [2.24, 2.45) is 0 Å². The monoisotopic (exact) mass is 464 g/mol. The van der Waals surface area contributed by atoms with Crippen LogP contribution in [-0.4, -0.2) is 9.97 Å². The average Bonchev–Trinajstić information content (AvgIpc) is 2.68. The Balaban J connectivity index is 1.83. The van der Waals surface area contributed by atoms with Gasteiger partial charge in [-0.1, -0.05) is 92.5 Å². The maximum absolute atomic E-state index is 4.84. The van der Waals surface area contributed by atoms with Gasteiger partial charge in [-0.25, -0.2) is 9.97 Å². The molecule has 0 amide bonds. The van der Waals surface area contributed by atoms with E-state index in [1.54, 1.807) is 0 Å². The fraction of sp³-hybridized carbons (Fsp3) is 0. The summed E-state index contributed by atoms with van der Waals surface area (Å²) in [6.07, 6.45) is 0. The maximum atomic E-state index is 4.84. The second kappa shape index (κ2) is 7.52. The van der Waals surface area contributed by atoms with Gasteiger partial charge in [0.05, 0.1) is 22.8 Å². The Hall–Kier alpha value is -2.30. The molecular formula is C22H14Br2N2. The van der Waals surface area contributed by atoms with Gasteiger partial charge in [-0.3, -0.25) is 0 Å². The maximum Gasteiger partial charge on any atom is 0.0905 e. The number of halogens is 2. The fourth-order valence-corrected chi connectivity index (χ4v) is 3.64. The Morgan fingerprint density at radius 3 is 1.19 bits per heavy atom. The summed E-state index contributed by atoms with van der Waals surface area (Å²) in [5.74, 6) is 0. The number of rotatable bonds is 3. The molecule has 2 aromatic heterocycles. The van der Waals surface area contributed by atoms with Gasteiger partial charge in [0.2, 0.25) is 0 Å². The molecular weight excluding hydrogens is 452 g/mol. The Kier molecular flexibility index (Phi) is 4.96. The van der Waals surface area contributed by atoms with Crippen molar-refractivity contribution in [1.29, 1.82) is 0 Å². The van der Waals surface area contributed by atoms with Crippen molar-refractivity contribution in [2.75, 3.05) is 0 Å².